The third kappa shape index (κ3) is 2.17. The molecule has 1 heterocycles. The van der Waals surface area contributed by atoms with Crippen molar-refractivity contribution in [2.75, 3.05) is 6.54 Å². The number of nitrogens with two attached hydrogens (primary N) is 1. The van der Waals surface area contributed by atoms with E-state index in [1.54, 1.807) is 0 Å². The van der Waals surface area contributed by atoms with Gasteiger partial charge in [-0.1, -0.05) is 0 Å². The van der Waals surface area contributed by atoms with E-state index in [4.69, 9.17) is 10.8 Å². The van der Waals surface area contributed by atoms with Crippen LogP contribution in [0.15, 0.2) is 6.07 Å². The van der Waals surface area contributed by atoms with E-state index >= 15 is 0 Å². The van der Waals surface area contributed by atoms with Gasteiger partial charge in [-0.3, -0.25) is 4.98 Å². The van der Waals surface area contributed by atoms with Gasteiger partial charge in [0.1, 0.15) is 0 Å². The van der Waals surface area contributed by atoms with Crippen molar-refractivity contribution in [1.29, 1.82) is 0 Å². The topological polar surface area (TPSA) is 82.3 Å². The largest absolute Gasteiger partial charge is 0.495 e. The molecule has 0 spiro atoms. The van der Waals surface area contributed by atoms with Crippen molar-refractivity contribution in [3.8, 4) is 11.8 Å². The first kappa shape index (κ1) is 8.93. The van der Waals surface area contributed by atoms with Crippen LogP contribution >= 0.6 is 0 Å². The van der Waals surface area contributed by atoms with Crippen molar-refractivity contribution in [3.05, 3.63) is 11.6 Å². The van der Waals surface area contributed by atoms with E-state index in [0.717, 1.165) is 24.8 Å². The molecule has 0 saturated carbocycles. The fourth-order valence-corrected chi connectivity index (χ4v) is 1.12. The number of aromatic hydroxyl groups is 2. The Labute approximate surface area is 71.0 Å². The van der Waals surface area contributed by atoms with E-state index in [2.05, 4.69) is 4.98 Å². The van der Waals surface area contributed by atoms with Gasteiger partial charge in [0, 0.05) is 11.6 Å². The monoisotopic (exact) mass is 170 g/mol. The normalized spacial score (nSPS) is 10.4. The molecule has 0 saturated heterocycles. The van der Waals surface area contributed by atoms with Crippen LogP contribution in [0.5, 0.6) is 11.8 Å². The number of aryl methyl sites for hydroxylation is 1. The highest BCUT2D eigenvalue weighted by molar-refractivity contribution is 5.32. The Morgan fingerprint density at radius 3 is 2.58 bits per heavy atom. The van der Waals surface area contributed by atoms with E-state index in [9.17, 15) is 5.11 Å². The van der Waals surface area contributed by atoms with Crippen LogP contribution in [0.1, 0.15) is 18.4 Å². The van der Waals surface area contributed by atoms with Crippen molar-refractivity contribution in [2.24, 2.45) is 5.73 Å². The third-order valence-electron chi connectivity index (χ3n) is 1.76. The number of unbranched alkanes of at least 4 members (excludes halogenated alkanes) is 1. The minimum absolute atomic E-state index is 0.00949. The Kier molecular flexibility index (Phi) is 2.99. The Hall–Kier alpha value is -1.16. The second-order valence-electron chi connectivity index (χ2n) is 2.77. The van der Waals surface area contributed by atoms with E-state index in [1.165, 1.54) is 6.07 Å². The van der Waals surface area contributed by atoms with Crippen LogP contribution in [-0.2, 0) is 6.42 Å². The van der Waals surface area contributed by atoms with Gasteiger partial charge in [0.2, 0.25) is 0 Å². The molecular weight excluding hydrogens is 156 g/mol. The minimum atomic E-state index is 0.00949. The highest BCUT2D eigenvalue weighted by atomic mass is 16.3. The fraction of sp³-hybridized carbons (Fsp3) is 0.500. The predicted molar refractivity (Wildman–Crippen MR) is 46.1 cm³/mol. The summed E-state index contributed by atoms with van der Waals surface area (Å²) in [5.41, 5.74) is 6.07. The van der Waals surface area contributed by atoms with E-state index in [-0.39, 0.29) is 11.8 Å². The molecule has 4 heteroatoms. The van der Waals surface area contributed by atoms with E-state index in [1.807, 2.05) is 0 Å². The highest BCUT2D eigenvalue weighted by Crippen LogP contribution is 2.22. The Morgan fingerprint density at radius 1 is 1.33 bits per heavy atom. The van der Waals surface area contributed by atoms with Gasteiger partial charge in [-0.05, 0) is 25.8 Å². The average molecular weight is 170 g/mol. The molecule has 0 bridgehead atoms. The molecule has 0 aliphatic carbocycles. The maximum atomic E-state index is 9.18. The molecule has 1 aromatic rings. The summed E-state index contributed by atoms with van der Waals surface area (Å²) in [5, 5.41) is 18.1. The van der Waals surface area contributed by atoms with Crippen LogP contribution in [0.4, 0.5) is 0 Å². The van der Waals surface area contributed by atoms with Crippen molar-refractivity contribution in [2.45, 2.75) is 19.3 Å². The summed E-state index contributed by atoms with van der Waals surface area (Å²) < 4.78 is 0. The molecular formula is C8H14N2O2. The van der Waals surface area contributed by atoms with Gasteiger partial charge in [0.25, 0.3) is 0 Å². The van der Waals surface area contributed by atoms with Crippen molar-refractivity contribution >= 4 is 0 Å². The Balaban J connectivity index is 2.45. The zero-order valence-electron chi connectivity index (χ0n) is 6.88. The molecule has 0 amide bonds. The van der Waals surface area contributed by atoms with Crippen LogP contribution in [-0.4, -0.2) is 21.7 Å². The second kappa shape index (κ2) is 4.01. The first-order valence-electron chi connectivity index (χ1n) is 4.04. The van der Waals surface area contributed by atoms with Crippen molar-refractivity contribution in [1.82, 2.24) is 4.98 Å². The Morgan fingerprint density at radius 2 is 2.08 bits per heavy atom. The number of H-pyrrole nitrogens is 1. The summed E-state index contributed by atoms with van der Waals surface area (Å²) in [5.74, 6) is 0.0692. The minimum Gasteiger partial charge on any atom is -0.495 e. The number of nitrogens with one attached hydrogen (secondary N) is 1. The molecule has 0 fully saturated rings. The molecule has 0 aromatic carbocycles. The van der Waals surface area contributed by atoms with Crippen molar-refractivity contribution in [3.63, 3.8) is 0 Å². The molecule has 1 rings (SSSR count). The SMILES string of the molecule is NCCCCc1cc(O)[nH]c1O. The van der Waals surface area contributed by atoms with Gasteiger partial charge in [0.15, 0.2) is 11.8 Å². The first-order valence-corrected chi connectivity index (χ1v) is 4.04. The summed E-state index contributed by atoms with van der Waals surface area (Å²) in [4.78, 5) is 2.41. The summed E-state index contributed by atoms with van der Waals surface area (Å²) in [7, 11) is 0. The smallest absolute Gasteiger partial charge is 0.194 e. The van der Waals surface area contributed by atoms with Crippen LogP contribution in [0.3, 0.4) is 0 Å². The quantitative estimate of drug-likeness (QED) is 0.502. The van der Waals surface area contributed by atoms with Gasteiger partial charge >= 0.3 is 0 Å². The van der Waals surface area contributed by atoms with Crippen LogP contribution in [0.2, 0.25) is 0 Å². The van der Waals surface area contributed by atoms with Gasteiger partial charge in [-0.2, -0.15) is 0 Å². The zero-order chi connectivity index (χ0) is 8.97. The van der Waals surface area contributed by atoms with E-state index < -0.39 is 0 Å². The van der Waals surface area contributed by atoms with Gasteiger partial charge in [-0.25, -0.2) is 0 Å². The summed E-state index contributed by atoms with van der Waals surface area (Å²) in [6.45, 7) is 0.664. The Bertz CT molecular complexity index is 245. The molecule has 68 valence electrons. The molecule has 5 N–H and O–H groups in total. The maximum absolute atomic E-state index is 9.18. The molecule has 0 radical (unpaired) electrons. The predicted octanol–water partition coefficient (Wildman–Crippen LogP) is 0.707. The number of aromatic nitrogens is 1. The second-order valence-corrected chi connectivity index (χ2v) is 2.77. The molecule has 0 atom stereocenters. The van der Waals surface area contributed by atoms with Gasteiger partial charge in [0.05, 0.1) is 0 Å². The molecule has 0 aliphatic rings. The molecule has 1 aromatic heterocycles. The van der Waals surface area contributed by atoms with Crippen LogP contribution in [0.25, 0.3) is 0 Å². The summed E-state index contributed by atoms with van der Waals surface area (Å²) >= 11 is 0. The lowest BCUT2D eigenvalue weighted by molar-refractivity contribution is 0.423. The lowest BCUT2D eigenvalue weighted by Crippen LogP contribution is -1.98. The summed E-state index contributed by atoms with van der Waals surface area (Å²) in [6, 6.07) is 1.53. The summed E-state index contributed by atoms with van der Waals surface area (Å²) in [6.07, 6.45) is 2.62. The van der Waals surface area contributed by atoms with Gasteiger partial charge < -0.3 is 15.9 Å². The number of aromatic amines is 1. The zero-order valence-corrected chi connectivity index (χ0v) is 6.88. The fourth-order valence-electron chi connectivity index (χ4n) is 1.12. The van der Waals surface area contributed by atoms with E-state index in [0.29, 0.717) is 6.54 Å². The molecule has 12 heavy (non-hydrogen) atoms. The number of rotatable bonds is 4. The molecule has 0 unspecified atom stereocenters. The van der Waals surface area contributed by atoms with Gasteiger partial charge in [-0.15, -0.1) is 0 Å². The molecule has 0 aliphatic heterocycles. The lowest BCUT2D eigenvalue weighted by atomic mass is 10.1. The highest BCUT2D eigenvalue weighted by Gasteiger charge is 2.04. The maximum Gasteiger partial charge on any atom is 0.194 e. The lowest BCUT2D eigenvalue weighted by Gasteiger charge is -1.96. The van der Waals surface area contributed by atoms with Crippen molar-refractivity contribution < 1.29 is 10.2 Å². The first-order chi connectivity index (χ1) is 5.74. The molecule has 4 nitrogen and oxygen atoms in total. The third-order valence-corrected chi connectivity index (χ3v) is 1.76. The standard InChI is InChI=1S/C8H14N2O2/c9-4-2-1-3-6-5-7(11)10-8(6)12/h5,10-12H,1-4,9H2. The van der Waals surface area contributed by atoms with Crippen LogP contribution in [0, 0.1) is 0 Å². The average Bonchev–Trinajstić information content (AvgIpc) is 2.31. The number of hydrogen-bond acceptors (Lipinski definition) is 3. The number of hydrogen-bond donors (Lipinski definition) is 4. The van der Waals surface area contributed by atoms with Crippen LogP contribution < -0.4 is 5.73 Å².